The Bertz CT molecular complexity index is 463. The van der Waals surface area contributed by atoms with Crippen LogP contribution in [0.25, 0.3) is 10.8 Å². The predicted octanol–water partition coefficient (Wildman–Crippen LogP) is 3.34. The van der Waals surface area contributed by atoms with Gasteiger partial charge in [0, 0.05) is 14.6 Å². The molecule has 0 heterocycles. The van der Waals surface area contributed by atoms with Crippen LogP contribution in [0.3, 0.4) is 0 Å². The smallest absolute Gasteiger partial charge is 0.0407 e. The highest BCUT2D eigenvalue weighted by Gasteiger charge is 2.01. The molecule has 2 aromatic rings. The van der Waals surface area contributed by atoms with E-state index in [1.54, 1.807) is 0 Å². The zero-order valence-corrected chi connectivity index (χ0v) is 9.50. The Hall–Kier alpha value is -0.770. The molecule has 66 valence electrons. The first-order chi connectivity index (χ1) is 6.18. The highest BCUT2D eigenvalue weighted by atomic mass is 127. The molecule has 2 N–H and O–H groups in total. The summed E-state index contributed by atoms with van der Waals surface area (Å²) in [5.41, 5.74) is 8.07. The van der Waals surface area contributed by atoms with Crippen LogP contribution in [0.5, 0.6) is 0 Å². The molecule has 0 amide bonds. The monoisotopic (exact) mass is 283 g/mol. The summed E-state index contributed by atoms with van der Waals surface area (Å²) in [5, 5.41) is 2.41. The first-order valence-corrected chi connectivity index (χ1v) is 5.21. The highest BCUT2D eigenvalue weighted by Crippen LogP contribution is 2.26. The molecular weight excluding hydrogens is 273 g/mol. The number of benzene rings is 2. The molecule has 0 saturated heterocycles. The molecule has 0 unspecified atom stereocenters. The lowest BCUT2D eigenvalue weighted by atomic mass is 10.0. The fourth-order valence-electron chi connectivity index (χ4n) is 1.62. The number of anilines is 1. The second-order valence-corrected chi connectivity index (χ2v) is 4.41. The second kappa shape index (κ2) is 3.18. The number of nitrogens with two attached hydrogens (primary N) is 1. The molecule has 0 aromatic heterocycles. The number of fused-ring (bicyclic) bond motifs is 1. The number of nitrogen functional groups attached to an aromatic ring is 1. The van der Waals surface area contributed by atoms with E-state index in [2.05, 4.69) is 53.8 Å². The van der Waals surface area contributed by atoms with E-state index in [0.29, 0.717) is 0 Å². The van der Waals surface area contributed by atoms with E-state index in [9.17, 15) is 0 Å². The molecule has 0 aliphatic heterocycles. The zero-order valence-electron chi connectivity index (χ0n) is 7.34. The van der Waals surface area contributed by atoms with Crippen molar-refractivity contribution in [1.82, 2.24) is 0 Å². The molecule has 0 spiro atoms. The third kappa shape index (κ3) is 1.50. The molecule has 0 saturated carbocycles. The minimum atomic E-state index is 0.875. The van der Waals surface area contributed by atoms with Crippen molar-refractivity contribution < 1.29 is 0 Å². The van der Waals surface area contributed by atoms with E-state index >= 15 is 0 Å². The van der Waals surface area contributed by atoms with Gasteiger partial charge < -0.3 is 5.73 Å². The van der Waals surface area contributed by atoms with Crippen LogP contribution in [0, 0.1) is 10.5 Å². The average Bonchev–Trinajstić information content (AvgIpc) is 2.02. The molecule has 1 nitrogen and oxygen atoms in total. The van der Waals surface area contributed by atoms with Crippen molar-refractivity contribution >= 4 is 39.1 Å². The number of halogens is 1. The quantitative estimate of drug-likeness (QED) is 0.582. The minimum Gasteiger partial charge on any atom is -0.398 e. The van der Waals surface area contributed by atoms with Crippen LogP contribution in [-0.2, 0) is 0 Å². The van der Waals surface area contributed by atoms with Gasteiger partial charge in [0.25, 0.3) is 0 Å². The Morgan fingerprint density at radius 2 is 2.00 bits per heavy atom. The van der Waals surface area contributed by atoms with Crippen molar-refractivity contribution in [2.45, 2.75) is 6.92 Å². The maximum atomic E-state index is 5.95. The van der Waals surface area contributed by atoms with Crippen molar-refractivity contribution in [3.8, 4) is 0 Å². The molecule has 0 atom stereocenters. The molecule has 13 heavy (non-hydrogen) atoms. The van der Waals surface area contributed by atoms with Gasteiger partial charge in [-0.1, -0.05) is 18.2 Å². The Balaban J connectivity index is 2.94. The zero-order chi connectivity index (χ0) is 9.42. The molecule has 2 rings (SSSR count). The van der Waals surface area contributed by atoms with Gasteiger partial charge in [-0.15, -0.1) is 0 Å². The largest absolute Gasteiger partial charge is 0.398 e. The van der Waals surface area contributed by atoms with E-state index in [1.165, 1.54) is 19.9 Å². The topological polar surface area (TPSA) is 26.0 Å². The van der Waals surface area contributed by atoms with Gasteiger partial charge in [-0.2, -0.15) is 0 Å². The maximum absolute atomic E-state index is 5.95. The standard InChI is InChI=1S/C11H10IN/c1-7-3-2-4-8-5-9(12)6-10(13)11(7)8/h2-6H,13H2,1H3. The van der Waals surface area contributed by atoms with Crippen LogP contribution in [0.15, 0.2) is 30.3 Å². The van der Waals surface area contributed by atoms with Crippen LogP contribution in [0.4, 0.5) is 5.69 Å². The Morgan fingerprint density at radius 3 is 2.77 bits per heavy atom. The highest BCUT2D eigenvalue weighted by molar-refractivity contribution is 14.1. The van der Waals surface area contributed by atoms with Crippen LogP contribution >= 0.6 is 22.6 Å². The van der Waals surface area contributed by atoms with E-state index < -0.39 is 0 Å². The normalized spacial score (nSPS) is 10.6. The van der Waals surface area contributed by atoms with E-state index in [1.807, 2.05) is 6.07 Å². The molecule has 0 aliphatic rings. The number of hydrogen-bond acceptors (Lipinski definition) is 1. The van der Waals surface area contributed by atoms with Crippen molar-refractivity contribution in [2.24, 2.45) is 0 Å². The van der Waals surface area contributed by atoms with E-state index in [-0.39, 0.29) is 0 Å². The SMILES string of the molecule is Cc1cccc2cc(I)cc(N)c12. The summed E-state index contributed by atoms with van der Waals surface area (Å²) in [4.78, 5) is 0. The van der Waals surface area contributed by atoms with Crippen LogP contribution < -0.4 is 5.73 Å². The fourth-order valence-corrected chi connectivity index (χ4v) is 2.29. The third-order valence-corrected chi connectivity index (χ3v) is 2.80. The van der Waals surface area contributed by atoms with Crippen LogP contribution in [0.2, 0.25) is 0 Å². The first-order valence-electron chi connectivity index (χ1n) is 4.13. The number of rotatable bonds is 0. The van der Waals surface area contributed by atoms with Crippen LogP contribution in [-0.4, -0.2) is 0 Å². The lowest BCUT2D eigenvalue weighted by molar-refractivity contribution is 1.52. The van der Waals surface area contributed by atoms with Crippen LogP contribution in [0.1, 0.15) is 5.56 Å². The first kappa shape index (κ1) is 8.81. The van der Waals surface area contributed by atoms with Crippen molar-refractivity contribution in [2.75, 3.05) is 5.73 Å². The Kier molecular flexibility index (Phi) is 2.15. The van der Waals surface area contributed by atoms with Gasteiger partial charge in [0.1, 0.15) is 0 Å². The molecule has 0 fully saturated rings. The van der Waals surface area contributed by atoms with Gasteiger partial charge >= 0.3 is 0 Å². The molecular formula is C11H10IN. The molecule has 0 aliphatic carbocycles. The Morgan fingerprint density at radius 1 is 1.23 bits per heavy atom. The molecule has 0 bridgehead atoms. The molecule has 2 heteroatoms. The molecule has 0 radical (unpaired) electrons. The van der Waals surface area contributed by atoms with E-state index in [0.717, 1.165) is 5.69 Å². The van der Waals surface area contributed by atoms with Gasteiger partial charge in [-0.05, 0) is 52.6 Å². The summed E-state index contributed by atoms with van der Waals surface area (Å²) < 4.78 is 1.19. The summed E-state index contributed by atoms with van der Waals surface area (Å²) in [6.07, 6.45) is 0. The van der Waals surface area contributed by atoms with Gasteiger partial charge in [0.2, 0.25) is 0 Å². The average molecular weight is 283 g/mol. The molecule has 2 aromatic carbocycles. The van der Waals surface area contributed by atoms with E-state index in [4.69, 9.17) is 5.73 Å². The summed E-state index contributed by atoms with van der Waals surface area (Å²) in [6, 6.07) is 10.4. The fraction of sp³-hybridized carbons (Fsp3) is 0.0909. The van der Waals surface area contributed by atoms with Gasteiger partial charge in [0.05, 0.1) is 0 Å². The Labute approximate surface area is 91.1 Å². The van der Waals surface area contributed by atoms with Crippen molar-refractivity contribution in [3.63, 3.8) is 0 Å². The third-order valence-electron chi connectivity index (χ3n) is 2.18. The lowest BCUT2D eigenvalue weighted by Gasteiger charge is -2.05. The van der Waals surface area contributed by atoms with Gasteiger partial charge in [0.15, 0.2) is 0 Å². The van der Waals surface area contributed by atoms with Gasteiger partial charge in [-0.3, -0.25) is 0 Å². The summed E-state index contributed by atoms with van der Waals surface area (Å²) in [5.74, 6) is 0. The van der Waals surface area contributed by atoms with Crippen molar-refractivity contribution in [1.29, 1.82) is 0 Å². The second-order valence-electron chi connectivity index (χ2n) is 3.17. The summed E-state index contributed by atoms with van der Waals surface area (Å²) in [6.45, 7) is 2.09. The summed E-state index contributed by atoms with van der Waals surface area (Å²) >= 11 is 2.29. The maximum Gasteiger partial charge on any atom is 0.0407 e. The minimum absolute atomic E-state index is 0.875. The summed E-state index contributed by atoms with van der Waals surface area (Å²) in [7, 11) is 0. The number of hydrogen-bond donors (Lipinski definition) is 1. The van der Waals surface area contributed by atoms with Gasteiger partial charge in [-0.25, -0.2) is 0 Å². The predicted molar refractivity (Wildman–Crippen MR) is 65.8 cm³/mol. The van der Waals surface area contributed by atoms with Crippen molar-refractivity contribution in [3.05, 3.63) is 39.5 Å². The number of aryl methyl sites for hydroxylation is 1. The lowest BCUT2D eigenvalue weighted by Crippen LogP contribution is -1.90.